The summed E-state index contributed by atoms with van der Waals surface area (Å²) in [5.74, 6) is -0.626. The molecule has 28 heavy (non-hydrogen) atoms. The summed E-state index contributed by atoms with van der Waals surface area (Å²) < 4.78 is 37.7. The monoisotopic (exact) mass is 387 g/mol. The van der Waals surface area contributed by atoms with Gasteiger partial charge in [-0.25, -0.2) is 18.7 Å². The van der Waals surface area contributed by atoms with Gasteiger partial charge in [0.15, 0.2) is 11.7 Å². The third kappa shape index (κ3) is 4.91. The lowest BCUT2D eigenvalue weighted by molar-refractivity contribution is -0.121. The van der Waals surface area contributed by atoms with E-state index in [1.807, 2.05) is 13.0 Å². The minimum Gasteiger partial charge on any atom is -0.478 e. The molecule has 0 atom stereocenters. The number of rotatable bonds is 8. The third-order valence-corrected chi connectivity index (χ3v) is 3.92. The molecule has 3 aromatic rings. The quantitative estimate of drug-likeness (QED) is 0.638. The highest BCUT2D eigenvalue weighted by atomic mass is 19.1. The Balaban J connectivity index is 1.53. The van der Waals surface area contributed by atoms with Crippen molar-refractivity contribution in [2.75, 3.05) is 6.61 Å². The summed E-state index contributed by atoms with van der Waals surface area (Å²) in [7, 11) is 0. The van der Waals surface area contributed by atoms with E-state index in [1.54, 1.807) is 12.3 Å². The van der Waals surface area contributed by atoms with E-state index in [-0.39, 0.29) is 30.1 Å². The highest BCUT2D eigenvalue weighted by Crippen LogP contribution is 2.24. The van der Waals surface area contributed by atoms with Gasteiger partial charge in [0.25, 0.3) is 0 Å². The maximum Gasteiger partial charge on any atom is 0.220 e. The Morgan fingerprint density at radius 1 is 1.25 bits per heavy atom. The molecule has 2 heterocycles. The lowest BCUT2D eigenvalue weighted by atomic mass is 10.2. The van der Waals surface area contributed by atoms with E-state index in [4.69, 9.17) is 9.15 Å². The van der Waals surface area contributed by atoms with E-state index in [0.29, 0.717) is 24.9 Å². The highest BCUT2D eigenvalue weighted by molar-refractivity contribution is 5.76. The zero-order valence-corrected chi connectivity index (χ0v) is 15.2. The van der Waals surface area contributed by atoms with Gasteiger partial charge >= 0.3 is 0 Å². The van der Waals surface area contributed by atoms with E-state index in [0.717, 1.165) is 17.7 Å². The van der Waals surface area contributed by atoms with E-state index in [2.05, 4.69) is 15.3 Å². The van der Waals surface area contributed by atoms with Crippen LogP contribution in [0.3, 0.4) is 0 Å². The van der Waals surface area contributed by atoms with Gasteiger partial charge in [0.2, 0.25) is 11.8 Å². The Morgan fingerprint density at radius 2 is 2.11 bits per heavy atom. The van der Waals surface area contributed by atoms with Gasteiger partial charge in [0.05, 0.1) is 18.4 Å². The van der Waals surface area contributed by atoms with Crippen LogP contribution < -0.4 is 10.1 Å². The van der Waals surface area contributed by atoms with Gasteiger partial charge in [-0.05, 0) is 25.1 Å². The number of oxazole rings is 1. The van der Waals surface area contributed by atoms with E-state index < -0.39 is 11.6 Å². The van der Waals surface area contributed by atoms with Crippen LogP contribution in [0, 0.1) is 11.6 Å². The van der Waals surface area contributed by atoms with Crippen LogP contribution in [0.25, 0.3) is 11.3 Å². The number of carbonyl (C=O) groups is 1. The fourth-order valence-electron chi connectivity index (χ4n) is 2.57. The van der Waals surface area contributed by atoms with Crippen LogP contribution in [-0.4, -0.2) is 22.5 Å². The van der Waals surface area contributed by atoms with Gasteiger partial charge in [-0.15, -0.1) is 0 Å². The Morgan fingerprint density at radius 3 is 2.89 bits per heavy atom. The number of nitrogens with one attached hydrogen (secondary N) is 1. The van der Waals surface area contributed by atoms with Crippen molar-refractivity contribution in [2.24, 2.45) is 0 Å². The van der Waals surface area contributed by atoms with Crippen molar-refractivity contribution in [3.05, 3.63) is 65.8 Å². The summed E-state index contributed by atoms with van der Waals surface area (Å²) in [6.07, 6.45) is 3.38. The van der Waals surface area contributed by atoms with E-state index >= 15 is 0 Å². The van der Waals surface area contributed by atoms with Gasteiger partial charge in [-0.2, -0.15) is 0 Å². The second-order valence-electron chi connectivity index (χ2n) is 5.92. The molecule has 146 valence electrons. The summed E-state index contributed by atoms with van der Waals surface area (Å²) in [4.78, 5) is 20.3. The first-order chi connectivity index (χ1) is 13.6. The number of pyridine rings is 1. The first-order valence-corrected chi connectivity index (χ1v) is 8.80. The summed E-state index contributed by atoms with van der Waals surface area (Å²) in [6.45, 7) is 2.64. The van der Waals surface area contributed by atoms with Crippen molar-refractivity contribution in [1.82, 2.24) is 15.3 Å². The van der Waals surface area contributed by atoms with E-state index in [1.165, 1.54) is 12.3 Å². The summed E-state index contributed by atoms with van der Waals surface area (Å²) in [5, 5.41) is 2.79. The molecule has 0 unspecified atom stereocenters. The third-order valence-electron chi connectivity index (χ3n) is 3.92. The number of nitrogens with zero attached hydrogens (tertiary/aromatic N) is 2. The predicted molar refractivity (Wildman–Crippen MR) is 97.4 cm³/mol. The second kappa shape index (κ2) is 9.07. The molecular weight excluding hydrogens is 368 g/mol. The first-order valence-electron chi connectivity index (χ1n) is 8.80. The maximum atomic E-state index is 13.8. The molecule has 0 saturated heterocycles. The lowest BCUT2D eigenvalue weighted by Crippen LogP contribution is -2.23. The molecule has 0 aliphatic rings. The number of carbonyl (C=O) groups excluding carboxylic acids is 1. The molecule has 0 fully saturated rings. The number of hydrogen-bond donors (Lipinski definition) is 1. The van der Waals surface area contributed by atoms with Gasteiger partial charge in [-0.3, -0.25) is 4.79 Å². The highest BCUT2D eigenvalue weighted by Gasteiger charge is 2.13. The van der Waals surface area contributed by atoms with Crippen LogP contribution >= 0.6 is 0 Å². The van der Waals surface area contributed by atoms with Crippen LogP contribution in [0.5, 0.6) is 5.88 Å². The second-order valence-corrected chi connectivity index (χ2v) is 5.92. The lowest BCUT2D eigenvalue weighted by Gasteiger charge is -2.09. The fraction of sp³-hybridized carbons (Fsp3) is 0.250. The standard InChI is InChI=1S/C20H19F2N3O3/c1-2-27-20-13(4-3-9-23-20)11-24-18(26)7-8-19-25-12-17(28-19)15-6-5-14(21)10-16(15)22/h3-6,9-10,12H,2,7-8,11H2,1H3,(H,24,26). The van der Waals surface area contributed by atoms with Crippen LogP contribution in [0.1, 0.15) is 24.8 Å². The van der Waals surface area contributed by atoms with Crippen molar-refractivity contribution in [1.29, 1.82) is 0 Å². The molecule has 0 bridgehead atoms. The summed E-state index contributed by atoms with van der Waals surface area (Å²) in [5.41, 5.74) is 0.896. The number of ether oxygens (including phenoxy) is 1. The topological polar surface area (TPSA) is 77.2 Å². The average molecular weight is 387 g/mol. The summed E-state index contributed by atoms with van der Waals surface area (Å²) >= 11 is 0. The van der Waals surface area contributed by atoms with Crippen molar-refractivity contribution in [3.8, 4) is 17.2 Å². The van der Waals surface area contributed by atoms with Crippen molar-refractivity contribution >= 4 is 5.91 Å². The zero-order chi connectivity index (χ0) is 19.9. The number of hydrogen-bond acceptors (Lipinski definition) is 5. The molecule has 6 nitrogen and oxygen atoms in total. The van der Waals surface area contributed by atoms with Crippen LogP contribution in [-0.2, 0) is 17.8 Å². The summed E-state index contributed by atoms with van der Waals surface area (Å²) in [6, 6.07) is 6.80. The van der Waals surface area contributed by atoms with Crippen LogP contribution in [0.2, 0.25) is 0 Å². The van der Waals surface area contributed by atoms with Crippen LogP contribution in [0.4, 0.5) is 8.78 Å². The number of aromatic nitrogens is 2. The van der Waals surface area contributed by atoms with E-state index in [9.17, 15) is 13.6 Å². The Labute approximate surface area is 160 Å². The van der Waals surface area contributed by atoms with Gasteiger partial charge < -0.3 is 14.5 Å². The Bertz CT molecular complexity index is 959. The van der Waals surface area contributed by atoms with Crippen molar-refractivity contribution in [2.45, 2.75) is 26.3 Å². The van der Waals surface area contributed by atoms with Gasteiger partial charge in [0, 0.05) is 37.2 Å². The van der Waals surface area contributed by atoms with Gasteiger partial charge in [-0.1, -0.05) is 6.07 Å². The minimum atomic E-state index is -0.734. The fourth-order valence-corrected chi connectivity index (χ4v) is 2.57. The largest absolute Gasteiger partial charge is 0.478 e. The Kier molecular flexibility index (Phi) is 6.31. The predicted octanol–water partition coefficient (Wildman–Crippen LogP) is 3.66. The number of benzene rings is 1. The molecule has 1 N–H and O–H groups in total. The SMILES string of the molecule is CCOc1ncccc1CNC(=O)CCc1ncc(-c2ccc(F)cc2F)o1. The first kappa shape index (κ1) is 19.5. The molecule has 0 aliphatic carbocycles. The molecule has 2 aromatic heterocycles. The van der Waals surface area contributed by atoms with Gasteiger partial charge in [0.1, 0.15) is 11.6 Å². The average Bonchev–Trinajstić information content (AvgIpc) is 3.14. The molecular formula is C20H19F2N3O3. The maximum absolute atomic E-state index is 13.8. The Hall–Kier alpha value is -3.29. The number of halogens is 2. The molecule has 8 heteroatoms. The zero-order valence-electron chi connectivity index (χ0n) is 15.2. The normalized spacial score (nSPS) is 10.7. The smallest absolute Gasteiger partial charge is 0.220 e. The number of aryl methyl sites for hydroxylation is 1. The molecule has 1 aromatic carbocycles. The van der Waals surface area contributed by atoms with Crippen molar-refractivity contribution in [3.63, 3.8) is 0 Å². The molecule has 0 radical (unpaired) electrons. The van der Waals surface area contributed by atoms with Crippen molar-refractivity contribution < 1.29 is 22.7 Å². The molecule has 1 amide bonds. The molecule has 0 spiro atoms. The number of amides is 1. The minimum absolute atomic E-state index is 0.115. The van der Waals surface area contributed by atoms with Crippen LogP contribution in [0.15, 0.2) is 47.1 Å². The molecule has 0 saturated carbocycles. The molecule has 3 rings (SSSR count). The molecule has 0 aliphatic heterocycles.